The maximum absolute atomic E-state index is 12.0. The first-order valence-corrected chi connectivity index (χ1v) is 6.73. The number of aromatic nitrogens is 2. The highest BCUT2D eigenvalue weighted by Gasteiger charge is 2.14. The number of morpholine rings is 1. The highest BCUT2D eigenvalue weighted by atomic mass is 16.5. The van der Waals surface area contributed by atoms with Crippen molar-refractivity contribution in [1.82, 2.24) is 9.78 Å². The van der Waals surface area contributed by atoms with E-state index in [-0.39, 0.29) is 11.6 Å². The molecule has 0 bridgehead atoms. The van der Waals surface area contributed by atoms with E-state index in [1.54, 1.807) is 12.3 Å². The Hall–Kier alpha value is -1.40. The number of ether oxygens (including phenoxy) is 1. The number of anilines is 1. The van der Waals surface area contributed by atoms with Gasteiger partial charge >= 0.3 is 0 Å². The van der Waals surface area contributed by atoms with Crippen LogP contribution in [0.25, 0.3) is 0 Å². The lowest BCUT2D eigenvalue weighted by Gasteiger charge is -2.28. The molecule has 2 heterocycles. The molecule has 1 unspecified atom stereocenters. The molecule has 6 nitrogen and oxygen atoms in total. The maximum atomic E-state index is 12.0. The summed E-state index contributed by atoms with van der Waals surface area (Å²) in [4.78, 5) is 14.1. The molecule has 1 aliphatic heterocycles. The quantitative estimate of drug-likeness (QED) is 0.834. The van der Waals surface area contributed by atoms with E-state index in [9.17, 15) is 4.79 Å². The predicted octanol–water partition coefficient (Wildman–Crippen LogP) is 0.0632. The minimum absolute atomic E-state index is 0.0561. The minimum Gasteiger partial charge on any atom is -0.378 e. The third-order valence-corrected chi connectivity index (χ3v) is 3.47. The summed E-state index contributed by atoms with van der Waals surface area (Å²) in [6, 6.07) is 1.57. The topological polar surface area (TPSA) is 73.4 Å². The molecule has 1 aromatic heterocycles. The molecule has 0 aromatic carbocycles. The second-order valence-corrected chi connectivity index (χ2v) is 5.24. The van der Waals surface area contributed by atoms with Crippen molar-refractivity contribution in [3.63, 3.8) is 0 Å². The van der Waals surface area contributed by atoms with E-state index in [0.717, 1.165) is 18.8 Å². The summed E-state index contributed by atoms with van der Waals surface area (Å²) in [5.41, 5.74) is 6.74. The fourth-order valence-corrected chi connectivity index (χ4v) is 1.97. The van der Waals surface area contributed by atoms with Gasteiger partial charge in [-0.25, -0.2) is 4.68 Å². The van der Waals surface area contributed by atoms with Gasteiger partial charge in [-0.15, -0.1) is 0 Å². The molecule has 1 fully saturated rings. The average molecular weight is 266 g/mol. The van der Waals surface area contributed by atoms with Gasteiger partial charge in [0, 0.05) is 25.2 Å². The minimum atomic E-state index is -0.0971. The van der Waals surface area contributed by atoms with E-state index in [4.69, 9.17) is 10.5 Å². The lowest BCUT2D eigenvalue weighted by atomic mass is 10.1. The Morgan fingerprint density at radius 1 is 1.42 bits per heavy atom. The van der Waals surface area contributed by atoms with Crippen molar-refractivity contribution in [2.45, 2.75) is 26.4 Å². The zero-order valence-electron chi connectivity index (χ0n) is 11.6. The van der Waals surface area contributed by atoms with Crippen LogP contribution in [0.3, 0.4) is 0 Å². The normalized spacial score (nSPS) is 17.8. The number of hydrogen-bond acceptors (Lipinski definition) is 5. The molecule has 0 radical (unpaired) electrons. The zero-order valence-corrected chi connectivity index (χ0v) is 11.6. The van der Waals surface area contributed by atoms with Crippen LogP contribution >= 0.6 is 0 Å². The van der Waals surface area contributed by atoms with Crippen LogP contribution in [0.1, 0.15) is 13.8 Å². The maximum Gasteiger partial charge on any atom is 0.268 e. The van der Waals surface area contributed by atoms with Crippen LogP contribution in [0.5, 0.6) is 0 Å². The summed E-state index contributed by atoms with van der Waals surface area (Å²) < 4.78 is 6.73. The van der Waals surface area contributed by atoms with E-state index in [2.05, 4.69) is 10.00 Å². The van der Waals surface area contributed by atoms with Gasteiger partial charge in [0.1, 0.15) is 0 Å². The lowest BCUT2D eigenvalue weighted by molar-refractivity contribution is 0.122. The molecule has 1 aromatic rings. The Labute approximate surface area is 113 Å². The Kier molecular flexibility index (Phi) is 4.55. The van der Waals surface area contributed by atoms with Gasteiger partial charge < -0.3 is 15.4 Å². The van der Waals surface area contributed by atoms with Gasteiger partial charge in [-0.2, -0.15) is 5.10 Å². The first-order valence-electron chi connectivity index (χ1n) is 6.73. The molecule has 106 valence electrons. The number of rotatable bonds is 4. The Bertz CT molecular complexity index is 466. The molecule has 0 amide bonds. The molecule has 19 heavy (non-hydrogen) atoms. The number of nitrogens with zero attached hydrogens (tertiary/aromatic N) is 3. The summed E-state index contributed by atoms with van der Waals surface area (Å²) in [7, 11) is 0. The zero-order chi connectivity index (χ0) is 13.8. The van der Waals surface area contributed by atoms with Crippen LogP contribution in [0.15, 0.2) is 17.1 Å². The molecule has 2 rings (SSSR count). The number of hydrogen-bond donors (Lipinski definition) is 1. The van der Waals surface area contributed by atoms with E-state index in [0.29, 0.717) is 25.7 Å². The molecule has 0 spiro atoms. The van der Waals surface area contributed by atoms with E-state index in [1.165, 1.54) is 4.68 Å². The van der Waals surface area contributed by atoms with Gasteiger partial charge in [0.2, 0.25) is 0 Å². The smallest absolute Gasteiger partial charge is 0.268 e. The molecule has 6 heteroatoms. The monoisotopic (exact) mass is 266 g/mol. The van der Waals surface area contributed by atoms with Crippen molar-refractivity contribution in [2.24, 2.45) is 11.7 Å². The van der Waals surface area contributed by atoms with Crippen molar-refractivity contribution in [1.29, 1.82) is 0 Å². The molecule has 1 aliphatic rings. The molecular formula is C13H22N4O2. The van der Waals surface area contributed by atoms with E-state index >= 15 is 0 Å². The second kappa shape index (κ2) is 6.16. The van der Waals surface area contributed by atoms with Crippen molar-refractivity contribution < 1.29 is 4.74 Å². The van der Waals surface area contributed by atoms with Gasteiger partial charge in [-0.05, 0) is 5.92 Å². The molecule has 0 saturated carbocycles. The van der Waals surface area contributed by atoms with Crippen molar-refractivity contribution in [3.8, 4) is 0 Å². The molecule has 0 aliphatic carbocycles. The summed E-state index contributed by atoms with van der Waals surface area (Å²) in [5, 5.41) is 4.22. The molecule has 2 N–H and O–H groups in total. The predicted molar refractivity (Wildman–Crippen MR) is 74.3 cm³/mol. The highest BCUT2D eigenvalue weighted by molar-refractivity contribution is 5.43. The van der Waals surface area contributed by atoms with Crippen molar-refractivity contribution in [3.05, 3.63) is 22.6 Å². The fourth-order valence-electron chi connectivity index (χ4n) is 1.97. The summed E-state index contributed by atoms with van der Waals surface area (Å²) in [6.45, 7) is 7.53. The SMILES string of the molecule is CC(C)C(N)Cn1ncc(N2CCOCC2)cc1=O. The molecular weight excluding hydrogens is 244 g/mol. The number of nitrogens with two attached hydrogens (primary N) is 1. The molecule has 1 saturated heterocycles. The Balaban J connectivity index is 2.10. The van der Waals surface area contributed by atoms with Gasteiger partial charge in [-0.1, -0.05) is 13.8 Å². The summed E-state index contributed by atoms with van der Waals surface area (Å²) in [6.07, 6.45) is 1.74. The third-order valence-electron chi connectivity index (χ3n) is 3.47. The van der Waals surface area contributed by atoms with Gasteiger partial charge in [0.25, 0.3) is 5.56 Å². The standard InChI is InChI=1S/C13H22N4O2/c1-10(2)12(14)9-17-13(18)7-11(8-15-17)16-3-5-19-6-4-16/h7-8,10,12H,3-6,9,14H2,1-2H3. The highest BCUT2D eigenvalue weighted by Crippen LogP contribution is 2.11. The van der Waals surface area contributed by atoms with Crippen LogP contribution in [0, 0.1) is 5.92 Å². The van der Waals surface area contributed by atoms with Crippen LogP contribution in [0.2, 0.25) is 0 Å². The largest absolute Gasteiger partial charge is 0.378 e. The second-order valence-electron chi connectivity index (χ2n) is 5.24. The van der Waals surface area contributed by atoms with Crippen molar-refractivity contribution in [2.75, 3.05) is 31.2 Å². The van der Waals surface area contributed by atoms with Gasteiger partial charge in [-0.3, -0.25) is 4.79 Å². The Morgan fingerprint density at radius 2 is 2.11 bits per heavy atom. The first kappa shape index (κ1) is 14.0. The summed E-state index contributed by atoms with van der Waals surface area (Å²) >= 11 is 0. The van der Waals surface area contributed by atoms with Crippen LogP contribution < -0.4 is 16.2 Å². The van der Waals surface area contributed by atoms with E-state index in [1.807, 2.05) is 13.8 Å². The third kappa shape index (κ3) is 3.54. The average Bonchev–Trinajstić information content (AvgIpc) is 2.41. The molecule has 1 atom stereocenters. The fraction of sp³-hybridized carbons (Fsp3) is 0.692. The van der Waals surface area contributed by atoms with Crippen LogP contribution in [-0.2, 0) is 11.3 Å². The van der Waals surface area contributed by atoms with Gasteiger partial charge in [0.05, 0.1) is 31.6 Å². The Morgan fingerprint density at radius 3 is 2.68 bits per heavy atom. The lowest BCUT2D eigenvalue weighted by Crippen LogP contribution is -2.39. The van der Waals surface area contributed by atoms with Crippen LogP contribution in [0.4, 0.5) is 5.69 Å². The van der Waals surface area contributed by atoms with Crippen molar-refractivity contribution >= 4 is 5.69 Å². The van der Waals surface area contributed by atoms with E-state index < -0.39 is 0 Å². The summed E-state index contributed by atoms with van der Waals surface area (Å²) in [5.74, 6) is 0.326. The van der Waals surface area contributed by atoms with Gasteiger partial charge in [0.15, 0.2) is 0 Å². The first-order chi connectivity index (χ1) is 9.08. The van der Waals surface area contributed by atoms with Crippen LogP contribution in [-0.4, -0.2) is 42.1 Å².